The van der Waals surface area contributed by atoms with E-state index in [1.54, 1.807) is 19.1 Å². The van der Waals surface area contributed by atoms with Crippen molar-refractivity contribution >= 4 is 27.9 Å². The summed E-state index contributed by atoms with van der Waals surface area (Å²) in [5.74, 6) is -2.02. The van der Waals surface area contributed by atoms with Crippen molar-refractivity contribution in [3.8, 4) is 11.5 Å². The number of methoxy groups -OCH3 is 2. The Labute approximate surface area is 164 Å². The summed E-state index contributed by atoms with van der Waals surface area (Å²) in [6.45, 7) is 1.65. The number of hydrogen-bond donors (Lipinski definition) is 0. The number of benzene rings is 2. The molecule has 2 aromatic rings. The second kappa shape index (κ2) is 9.36. The van der Waals surface area contributed by atoms with Gasteiger partial charge in [0.1, 0.15) is 11.4 Å². The highest BCUT2D eigenvalue weighted by Crippen LogP contribution is 2.33. The number of rotatable bonds is 7. The van der Waals surface area contributed by atoms with E-state index in [0.717, 1.165) is 0 Å². The summed E-state index contributed by atoms with van der Waals surface area (Å²) in [6, 6.07) is 8.66. The molecule has 0 aliphatic heterocycles. The minimum Gasteiger partial charge on any atom is -0.493 e. The number of para-hydroxylation sites is 1. The smallest absolute Gasteiger partial charge is 0.352 e. The molecule has 0 fully saturated rings. The highest BCUT2D eigenvalue weighted by Gasteiger charge is 2.31. The van der Waals surface area contributed by atoms with Gasteiger partial charge in [0, 0.05) is 10.0 Å². The second-order valence-corrected chi connectivity index (χ2v) is 6.16. The van der Waals surface area contributed by atoms with Crippen LogP contribution in [0.15, 0.2) is 40.9 Å². The Balaban J connectivity index is 2.41. The quantitative estimate of drug-likeness (QED) is 0.604. The van der Waals surface area contributed by atoms with Gasteiger partial charge in [0.15, 0.2) is 11.5 Å². The molecule has 2 rings (SSSR count). The third-order valence-electron chi connectivity index (χ3n) is 3.59. The molecule has 0 aliphatic rings. The molecule has 0 heterocycles. The first kappa shape index (κ1) is 20.7. The molecule has 0 radical (unpaired) electrons. The Kier molecular flexibility index (Phi) is 7.18. The molecule has 0 saturated carbocycles. The van der Waals surface area contributed by atoms with Crippen LogP contribution in [0.1, 0.15) is 28.9 Å². The normalized spacial score (nSPS) is 11.4. The van der Waals surface area contributed by atoms with Gasteiger partial charge in [0.25, 0.3) is 0 Å². The fraction of sp³-hybridized carbons (Fsp3) is 0.263. The number of ether oxygens (including phenoxy) is 4. The summed E-state index contributed by atoms with van der Waals surface area (Å²) in [5.41, 5.74) is -0.0875. The first-order valence-corrected chi connectivity index (χ1v) is 8.75. The standard InChI is InChI=1S/C19H18BrFO6/c1-4-26-19(23)17(12-9-8-11(20)10-14(12)21)27-18(22)13-6-5-7-15(24-2)16(13)25-3/h5-10,17H,4H2,1-3H3/t17-/m1/s1. The maximum absolute atomic E-state index is 14.3. The molecular weight excluding hydrogens is 423 g/mol. The van der Waals surface area contributed by atoms with E-state index in [1.165, 1.54) is 38.5 Å². The summed E-state index contributed by atoms with van der Waals surface area (Å²) in [7, 11) is 2.79. The van der Waals surface area contributed by atoms with E-state index in [0.29, 0.717) is 10.2 Å². The molecule has 0 N–H and O–H groups in total. The van der Waals surface area contributed by atoms with E-state index in [4.69, 9.17) is 18.9 Å². The van der Waals surface area contributed by atoms with Gasteiger partial charge in [-0.05, 0) is 31.2 Å². The maximum atomic E-state index is 14.3. The molecule has 0 saturated heterocycles. The number of carbonyl (C=O) groups is 2. The Morgan fingerprint density at radius 1 is 1.15 bits per heavy atom. The van der Waals surface area contributed by atoms with Gasteiger partial charge in [-0.15, -0.1) is 0 Å². The van der Waals surface area contributed by atoms with Gasteiger partial charge in [0.2, 0.25) is 6.10 Å². The zero-order valence-electron chi connectivity index (χ0n) is 15.0. The first-order chi connectivity index (χ1) is 12.9. The van der Waals surface area contributed by atoms with Gasteiger partial charge in [-0.3, -0.25) is 0 Å². The minimum atomic E-state index is -1.57. The van der Waals surface area contributed by atoms with Gasteiger partial charge in [-0.1, -0.05) is 28.1 Å². The van der Waals surface area contributed by atoms with Crippen LogP contribution in [0.5, 0.6) is 11.5 Å². The molecule has 8 heteroatoms. The lowest BCUT2D eigenvalue weighted by molar-refractivity contribution is -0.154. The summed E-state index contributed by atoms with van der Waals surface area (Å²) in [4.78, 5) is 25.0. The van der Waals surface area contributed by atoms with Crippen molar-refractivity contribution in [2.24, 2.45) is 0 Å². The fourth-order valence-electron chi connectivity index (χ4n) is 2.39. The van der Waals surface area contributed by atoms with Gasteiger partial charge in [-0.2, -0.15) is 0 Å². The Morgan fingerprint density at radius 2 is 1.89 bits per heavy atom. The van der Waals surface area contributed by atoms with E-state index in [-0.39, 0.29) is 23.5 Å². The van der Waals surface area contributed by atoms with Crippen molar-refractivity contribution in [2.45, 2.75) is 13.0 Å². The average Bonchev–Trinajstić information content (AvgIpc) is 2.65. The predicted octanol–water partition coefficient (Wildman–Crippen LogP) is 4.07. The summed E-state index contributed by atoms with van der Waals surface area (Å²) in [6.07, 6.45) is -1.57. The Morgan fingerprint density at radius 3 is 2.48 bits per heavy atom. The summed E-state index contributed by atoms with van der Waals surface area (Å²) < 4.78 is 35.4. The lowest BCUT2D eigenvalue weighted by atomic mass is 10.1. The van der Waals surface area contributed by atoms with E-state index in [9.17, 15) is 14.0 Å². The van der Waals surface area contributed by atoms with Gasteiger partial charge < -0.3 is 18.9 Å². The molecule has 27 heavy (non-hydrogen) atoms. The van der Waals surface area contributed by atoms with E-state index < -0.39 is 23.9 Å². The van der Waals surface area contributed by atoms with Crippen LogP contribution in [0, 0.1) is 5.82 Å². The average molecular weight is 441 g/mol. The lowest BCUT2D eigenvalue weighted by Crippen LogP contribution is -2.23. The second-order valence-electron chi connectivity index (χ2n) is 5.24. The first-order valence-electron chi connectivity index (χ1n) is 7.96. The third kappa shape index (κ3) is 4.77. The SMILES string of the molecule is CCOC(=O)[C@H](OC(=O)c1cccc(OC)c1OC)c1ccc(Br)cc1F. The van der Waals surface area contributed by atoms with Gasteiger partial charge >= 0.3 is 11.9 Å². The van der Waals surface area contributed by atoms with Crippen LogP contribution in [-0.4, -0.2) is 32.8 Å². The largest absolute Gasteiger partial charge is 0.493 e. The lowest BCUT2D eigenvalue weighted by Gasteiger charge is -2.19. The summed E-state index contributed by atoms with van der Waals surface area (Å²) in [5, 5.41) is 0. The van der Waals surface area contributed by atoms with Crippen molar-refractivity contribution in [2.75, 3.05) is 20.8 Å². The third-order valence-corrected chi connectivity index (χ3v) is 4.09. The van der Waals surface area contributed by atoms with Crippen LogP contribution in [0.3, 0.4) is 0 Å². The topological polar surface area (TPSA) is 71.1 Å². The molecule has 0 spiro atoms. The Bertz CT molecular complexity index is 839. The van der Waals surface area contributed by atoms with E-state index in [1.807, 2.05) is 0 Å². The predicted molar refractivity (Wildman–Crippen MR) is 98.4 cm³/mol. The Hall–Kier alpha value is -2.61. The number of carbonyl (C=O) groups excluding carboxylic acids is 2. The van der Waals surface area contributed by atoms with Crippen molar-refractivity contribution in [3.63, 3.8) is 0 Å². The van der Waals surface area contributed by atoms with Crippen molar-refractivity contribution < 1.29 is 32.9 Å². The van der Waals surface area contributed by atoms with Gasteiger partial charge in [0.05, 0.1) is 20.8 Å². The van der Waals surface area contributed by atoms with Gasteiger partial charge in [-0.25, -0.2) is 14.0 Å². The monoisotopic (exact) mass is 440 g/mol. The van der Waals surface area contributed by atoms with Crippen molar-refractivity contribution in [1.29, 1.82) is 0 Å². The highest BCUT2D eigenvalue weighted by molar-refractivity contribution is 9.10. The zero-order chi connectivity index (χ0) is 20.0. The van der Waals surface area contributed by atoms with Crippen molar-refractivity contribution in [1.82, 2.24) is 0 Å². The molecule has 0 amide bonds. The molecule has 6 nitrogen and oxygen atoms in total. The van der Waals surface area contributed by atoms with Crippen LogP contribution in [0.2, 0.25) is 0 Å². The van der Waals surface area contributed by atoms with Crippen LogP contribution in [0.4, 0.5) is 4.39 Å². The molecule has 0 bridgehead atoms. The number of esters is 2. The fourth-order valence-corrected chi connectivity index (χ4v) is 2.72. The minimum absolute atomic E-state index is 0.0312. The highest BCUT2D eigenvalue weighted by atomic mass is 79.9. The van der Waals surface area contributed by atoms with Crippen LogP contribution in [0.25, 0.3) is 0 Å². The number of hydrogen-bond acceptors (Lipinski definition) is 6. The molecule has 2 aromatic carbocycles. The molecule has 0 aromatic heterocycles. The molecule has 0 unspecified atom stereocenters. The van der Waals surface area contributed by atoms with Crippen LogP contribution in [-0.2, 0) is 14.3 Å². The molecule has 1 atom stereocenters. The van der Waals surface area contributed by atoms with Crippen LogP contribution >= 0.6 is 15.9 Å². The molecular formula is C19H18BrFO6. The molecule has 0 aliphatic carbocycles. The number of halogens is 2. The van der Waals surface area contributed by atoms with Crippen LogP contribution < -0.4 is 9.47 Å². The summed E-state index contributed by atoms with van der Waals surface area (Å²) >= 11 is 3.14. The zero-order valence-corrected chi connectivity index (χ0v) is 16.5. The molecule has 144 valence electrons. The van der Waals surface area contributed by atoms with E-state index in [2.05, 4.69) is 15.9 Å². The van der Waals surface area contributed by atoms with E-state index >= 15 is 0 Å². The maximum Gasteiger partial charge on any atom is 0.352 e. The van der Waals surface area contributed by atoms with Crippen molar-refractivity contribution in [3.05, 3.63) is 57.8 Å².